The van der Waals surface area contributed by atoms with E-state index in [9.17, 15) is 4.79 Å². The Bertz CT molecular complexity index is 1150. The van der Waals surface area contributed by atoms with Gasteiger partial charge in [0.15, 0.2) is 5.13 Å². The van der Waals surface area contributed by atoms with Gasteiger partial charge in [0.1, 0.15) is 11.5 Å². The molecule has 0 aliphatic heterocycles. The van der Waals surface area contributed by atoms with Gasteiger partial charge in [-0.3, -0.25) is 10.1 Å². The van der Waals surface area contributed by atoms with Gasteiger partial charge in [-0.05, 0) is 35.0 Å². The van der Waals surface area contributed by atoms with Crippen molar-refractivity contribution in [2.45, 2.75) is 0 Å². The topological polar surface area (TPSA) is 60.5 Å². The summed E-state index contributed by atoms with van der Waals surface area (Å²) >= 11 is 1.37. The van der Waals surface area contributed by atoms with Gasteiger partial charge in [0.2, 0.25) is 0 Å². The summed E-state index contributed by atoms with van der Waals surface area (Å²) in [6.45, 7) is 0. The second-order valence-corrected chi connectivity index (χ2v) is 6.94. The maximum atomic E-state index is 12.8. The SMILES string of the molecule is COc1ccc(OC)c(-c2csc(NC(=O)c3cccc4ccccc34)n2)c1. The van der Waals surface area contributed by atoms with Gasteiger partial charge in [0.25, 0.3) is 5.91 Å². The lowest BCUT2D eigenvalue weighted by molar-refractivity contribution is 0.102. The molecule has 0 saturated carbocycles. The van der Waals surface area contributed by atoms with E-state index in [0.717, 1.165) is 16.3 Å². The van der Waals surface area contributed by atoms with Crippen molar-refractivity contribution < 1.29 is 14.3 Å². The van der Waals surface area contributed by atoms with E-state index < -0.39 is 0 Å². The van der Waals surface area contributed by atoms with Crippen LogP contribution in [0.1, 0.15) is 10.4 Å². The first-order valence-corrected chi connectivity index (χ1v) is 9.54. The summed E-state index contributed by atoms with van der Waals surface area (Å²) < 4.78 is 10.7. The summed E-state index contributed by atoms with van der Waals surface area (Å²) in [6.07, 6.45) is 0. The number of benzene rings is 3. The van der Waals surface area contributed by atoms with Crippen LogP contribution in [0.5, 0.6) is 11.5 Å². The quantitative estimate of drug-likeness (QED) is 0.507. The summed E-state index contributed by atoms with van der Waals surface area (Å²) in [6, 6.07) is 19.0. The van der Waals surface area contributed by atoms with Crippen LogP contribution in [0.4, 0.5) is 5.13 Å². The molecule has 0 fully saturated rings. The molecule has 3 aromatic carbocycles. The van der Waals surface area contributed by atoms with Crippen molar-refractivity contribution in [3.8, 4) is 22.8 Å². The normalized spacial score (nSPS) is 10.6. The van der Waals surface area contributed by atoms with E-state index in [2.05, 4.69) is 10.3 Å². The summed E-state index contributed by atoms with van der Waals surface area (Å²) in [7, 11) is 3.23. The number of hydrogen-bond acceptors (Lipinski definition) is 5. The molecule has 1 aromatic heterocycles. The third-order valence-corrected chi connectivity index (χ3v) is 5.20. The Balaban J connectivity index is 1.63. The van der Waals surface area contributed by atoms with Crippen LogP contribution in [0.15, 0.2) is 66.0 Å². The van der Waals surface area contributed by atoms with E-state index in [1.165, 1.54) is 11.3 Å². The molecular weight excluding hydrogens is 372 g/mol. The van der Waals surface area contributed by atoms with E-state index >= 15 is 0 Å². The lowest BCUT2D eigenvalue weighted by atomic mass is 10.0. The summed E-state index contributed by atoms with van der Waals surface area (Å²) in [5.41, 5.74) is 2.14. The maximum absolute atomic E-state index is 12.8. The molecule has 5 nitrogen and oxygen atoms in total. The molecular formula is C22H18N2O3S. The summed E-state index contributed by atoms with van der Waals surface area (Å²) in [4.78, 5) is 17.4. The fraction of sp³-hybridized carbons (Fsp3) is 0.0909. The molecule has 140 valence electrons. The Hall–Kier alpha value is -3.38. The van der Waals surface area contributed by atoms with Crippen LogP contribution < -0.4 is 14.8 Å². The van der Waals surface area contributed by atoms with Crippen LogP contribution in [0, 0.1) is 0 Å². The average Bonchev–Trinajstić information content (AvgIpc) is 3.21. The highest BCUT2D eigenvalue weighted by Crippen LogP contribution is 2.35. The van der Waals surface area contributed by atoms with Gasteiger partial charge in [-0.15, -0.1) is 11.3 Å². The number of nitrogens with zero attached hydrogens (tertiary/aromatic N) is 1. The number of methoxy groups -OCH3 is 2. The molecule has 0 radical (unpaired) electrons. The van der Waals surface area contributed by atoms with Crippen molar-refractivity contribution in [3.63, 3.8) is 0 Å². The lowest BCUT2D eigenvalue weighted by Crippen LogP contribution is -2.12. The minimum Gasteiger partial charge on any atom is -0.497 e. The van der Waals surface area contributed by atoms with Crippen LogP contribution in [-0.4, -0.2) is 25.1 Å². The standard InChI is InChI=1S/C22H18N2O3S/c1-26-15-10-11-20(27-2)18(12-15)19-13-28-22(23-19)24-21(25)17-9-5-7-14-6-3-4-8-16(14)17/h3-13H,1-2H3,(H,23,24,25). The Morgan fingerprint density at radius 1 is 1.00 bits per heavy atom. The minimum absolute atomic E-state index is 0.185. The third-order valence-electron chi connectivity index (χ3n) is 4.44. The number of anilines is 1. The molecule has 1 heterocycles. The Kier molecular flexibility index (Phi) is 4.95. The highest BCUT2D eigenvalue weighted by Gasteiger charge is 2.15. The van der Waals surface area contributed by atoms with Crippen molar-refractivity contribution in [1.82, 2.24) is 4.98 Å². The average molecular weight is 390 g/mol. The van der Waals surface area contributed by atoms with E-state index in [-0.39, 0.29) is 5.91 Å². The predicted molar refractivity (Wildman–Crippen MR) is 113 cm³/mol. The molecule has 0 bridgehead atoms. The third kappa shape index (κ3) is 3.42. The highest BCUT2D eigenvalue weighted by molar-refractivity contribution is 7.14. The van der Waals surface area contributed by atoms with Crippen molar-refractivity contribution >= 4 is 33.1 Å². The van der Waals surface area contributed by atoms with E-state index in [1.807, 2.05) is 66.0 Å². The molecule has 4 rings (SSSR count). The number of nitrogens with one attached hydrogen (secondary N) is 1. The number of carbonyl (C=O) groups excluding carboxylic acids is 1. The van der Waals surface area contributed by atoms with E-state index in [4.69, 9.17) is 9.47 Å². The van der Waals surface area contributed by atoms with Crippen molar-refractivity contribution in [2.75, 3.05) is 19.5 Å². The molecule has 0 aliphatic carbocycles. The number of carbonyl (C=O) groups is 1. The number of thiazole rings is 1. The number of fused-ring (bicyclic) bond motifs is 1. The maximum Gasteiger partial charge on any atom is 0.258 e. The molecule has 0 unspecified atom stereocenters. The summed E-state index contributed by atoms with van der Waals surface area (Å²) in [5, 5.41) is 7.25. The van der Waals surface area contributed by atoms with Gasteiger partial charge < -0.3 is 9.47 Å². The van der Waals surface area contributed by atoms with Crippen LogP contribution >= 0.6 is 11.3 Å². The van der Waals surface area contributed by atoms with Crippen molar-refractivity contribution in [3.05, 3.63) is 71.6 Å². The van der Waals surface area contributed by atoms with E-state index in [1.54, 1.807) is 14.2 Å². The largest absolute Gasteiger partial charge is 0.497 e. The Morgan fingerprint density at radius 3 is 2.64 bits per heavy atom. The molecule has 0 spiro atoms. The zero-order valence-corrected chi connectivity index (χ0v) is 16.2. The fourth-order valence-corrected chi connectivity index (χ4v) is 3.76. The number of hydrogen-bond donors (Lipinski definition) is 1. The Labute approximate surface area is 166 Å². The first kappa shape index (κ1) is 18.0. The van der Waals surface area contributed by atoms with Gasteiger partial charge in [0.05, 0.1) is 19.9 Å². The van der Waals surface area contributed by atoms with Gasteiger partial charge in [-0.25, -0.2) is 4.98 Å². The van der Waals surface area contributed by atoms with Gasteiger partial charge in [0, 0.05) is 16.5 Å². The minimum atomic E-state index is -0.185. The summed E-state index contributed by atoms with van der Waals surface area (Å²) in [5.74, 6) is 1.22. The molecule has 4 aromatic rings. The first-order chi connectivity index (χ1) is 13.7. The molecule has 6 heteroatoms. The lowest BCUT2D eigenvalue weighted by Gasteiger charge is -2.08. The van der Waals surface area contributed by atoms with Crippen molar-refractivity contribution in [1.29, 1.82) is 0 Å². The molecule has 0 saturated heterocycles. The molecule has 0 aliphatic rings. The number of ether oxygens (including phenoxy) is 2. The van der Waals surface area contributed by atoms with Gasteiger partial charge in [-0.2, -0.15) is 0 Å². The number of rotatable bonds is 5. The zero-order valence-electron chi connectivity index (χ0n) is 15.4. The second kappa shape index (κ2) is 7.70. The van der Waals surface area contributed by atoms with Crippen LogP contribution in [0.2, 0.25) is 0 Å². The zero-order chi connectivity index (χ0) is 19.5. The highest BCUT2D eigenvalue weighted by atomic mass is 32.1. The Morgan fingerprint density at radius 2 is 1.82 bits per heavy atom. The number of amides is 1. The van der Waals surface area contributed by atoms with Gasteiger partial charge >= 0.3 is 0 Å². The fourth-order valence-electron chi connectivity index (χ4n) is 3.06. The predicted octanol–water partition coefficient (Wildman–Crippen LogP) is 5.23. The van der Waals surface area contributed by atoms with Crippen molar-refractivity contribution in [2.24, 2.45) is 0 Å². The monoisotopic (exact) mass is 390 g/mol. The van der Waals surface area contributed by atoms with Gasteiger partial charge in [-0.1, -0.05) is 36.4 Å². The first-order valence-electron chi connectivity index (χ1n) is 8.66. The van der Waals surface area contributed by atoms with Crippen LogP contribution in [-0.2, 0) is 0 Å². The molecule has 28 heavy (non-hydrogen) atoms. The van der Waals surface area contributed by atoms with E-state index in [0.29, 0.717) is 27.9 Å². The second-order valence-electron chi connectivity index (χ2n) is 6.08. The van der Waals surface area contributed by atoms with Crippen LogP contribution in [0.3, 0.4) is 0 Å². The smallest absolute Gasteiger partial charge is 0.258 e. The molecule has 0 atom stereocenters. The van der Waals surface area contributed by atoms with Crippen LogP contribution in [0.25, 0.3) is 22.0 Å². The number of aromatic nitrogens is 1. The molecule has 1 amide bonds. The molecule has 1 N–H and O–H groups in total.